The van der Waals surface area contributed by atoms with Gasteiger partial charge in [0.2, 0.25) is 11.8 Å². The number of thiophene rings is 1. The van der Waals surface area contributed by atoms with Crippen molar-refractivity contribution in [1.29, 1.82) is 0 Å². The fourth-order valence-corrected chi connectivity index (χ4v) is 4.58. The standard InChI is InChI=1S/C28H25FN2O2S/c1-20-9-5-6-15-25(20)27(28(33)30-19-21-10-3-2-4-11-21)31(23-13-7-12-22(29)17-23)26(32)18-24-14-8-16-34-24/h2-17,27H,18-19H2,1H3,(H,30,33). The third kappa shape index (κ3) is 5.58. The van der Waals surface area contributed by atoms with Gasteiger partial charge in [-0.1, -0.05) is 66.7 Å². The lowest BCUT2D eigenvalue weighted by Crippen LogP contribution is -2.44. The number of hydrogen-bond acceptors (Lipinski definition) is 3. The summed E-state index contributed by atoms with van der Waals surface area (Å²) in [7, 11) is 0. The van der Waals surface area contributed by atoms with E-state index in [-0.39, 0.29) is 18.2 Å². The van der Waals surface area contributed by atoms with E-state index in [1.165, 1.54) is 28.4 Å². The number of carbonyl (C=O) groups excluding carboxylic acids is 2. The molecule has 0 aliphatic rings. The summed E-state index contributed by atoms with van der Waals surface area (Å²) in [6.07, 6.45) is 0.114. The number of anilines is 1. The average Bonchev–Trinajstić information content (AvgIpc) is 3.35. The molecule has 0 spiro atoms. The van der Waals surface area contributed by atoms with Gasteiger partial charge in [0.1, 0.15) is 11.9 Å². The smallest absolute Gasteiger partial charge is 0.248 e. The lowest BCUT2D eigenvalue weighted by Gasteiger charge is -2.32. The summed E-state index contributed by atoms with van der Waals surface area (Å²) in [5.41, 5.74) is 2.84. The molecule has 34 heavy (non-hydrogen) atoms. The van der Waals surface area contributed by atoms with Crippen LogP contribution < -0.4 is 10.2 Å². The zero-order chi connectivity index (χ0) is 23.9. The zero-order valence-corrected chi connectivity index (χ0v) is 19.6. The van der Waals surface area contributed by atoms with Crippen LogP contribution in [0.1, 0.15) is 27.6 Å². The third-order valence-electron chi connectivity index (χ3n) is 5.56. The van der Waals surface area contributed by atoms with Crippen LogP contribution in [0.5, 0.6) is 0 Å². The molecule has 4 aromatic rings. The number of nitrogens with one attached hydrogen (secondary N) is 1. The molecular formula is C28H25FN2O2S. The van der Waals surface area contributed by atoms with E-state index in [2.05, 4.69) is 5.32 Å². The summed E-state index contributed by atoms with van der Waals surface area (Å²) < 4.78 is 14.2. The van der Waals surface area contributed by atoms with Gasteiger partial charge in [-0.25, -0.2) is 4.39 Å². The van der Waals surface area contributed by atoms with Crippen molar-refractivity contribution in [2.24, 2.45) is 0 Å². The van der Waals surface area contributed by atoms with Crippen molar-refractivity contribution < 1.29 is 14.0 Å². The maximum Gasteiger partial charge on any atom is 0.248 e. The van der Waals surface area contributed by atoms with Crippen molar-refractivity contribution in [1.82, 2.24) is 5.32 Å². The number of benzene rings is 3. The molecule has 1 aromatic heterocycles. The van der Waals surface area contributed by atoms with E-state index in [1.54, 1.807) is 12.1 Å². The van der Waals surface area contributed by atoms with E-state index in [4.69, 9.17) is 0 Å². The molecule has 4 rings (SSSR count). The highest BCUT2D eigenvalue weighted by atomic mass is 32.1. The van der Waals surface area contributed by atoms with Crippen LogP contribution in [0.4, 0.5) is 10.1 Å². The van der Waals surface area contributed by atoms with Crippen molar-refractivity contribution in [3.05, 3.63) is 124 Å². The second-order valence-corrected chi connectivity index (χ2v) is 8.99. The van der Waals surface area contributed by atoms with E-state index in [9.17, 15) is 14.0 Å². The molecule has 0 bridgehead atoms. The van der Waals surface area contributed by atoms with Gasteiger partial charge in [0.05, 0.1) is 6.42 Å². The van der Waals surface area contributed by atoms with Gasteiger partial charge in [-0.05, 0) is 53.3 Å². The normalized spacial score (nSPS) is 11.6. The van der Waals surface area contributed by atoms with Crippen LogP contribution in [0, 0.1) is 12.7 Å². The van der Waals surface area contributed by atoms with Crippen LogP contribution in [-0.2, 0) is 22.6 Å². The lowest BCUT2D eigenvalue weighted by atomic mass is 9.97. The minimum atomic E-state index is -0.959. The average molecular weight is 473 g/mol. The van der Waals surface area contributed by atoms with E-state index < -0.39 is 11.9 Å². The summed E-state index contributed by atoms with van der Waals surface area (Å²) in [5, 5.41) is 4.88. The Kier molecular flexibility index (Phi) is 7.50. The molecule has 172 valence electrons. The molecule has 0 radical (unpaired) electrons. The number of halogens is 1. The number of amides is 2. The molecule has 6 heteroatoms. The van der Waals surface area contributed by atoms with Crippen molar-refractivity contribution >= 4 is 28.8 Å². The Morgan fingerprint density at radius 3 is 2.41 bits per heavy atom. The minimum Gasteiger partial charge on any atom is -0.350 e. The second kappa shape index (κ2) is 10.9. The molecule has 3 aromatic carbocycles. The summed E-state index contributed by atoms with van der Waals surface area (Å²) in [5.74, 6) is -1.09. The van der Waals surface area contributed by atoms with Gasteiger partial charge >= 0.3 is 0 Å². The zero-order valence-electron chi connectivity index (χ0n) is 18.8. The topological polar surface area (TPSA) is 49.4 Å². The highest BCUT2D eigenvalue weighted by molar-refractivity contribution is 7.10. The molecule has 1 N–H and O–H groups in total. The van der Waals surface area contributed by atoms with Gasteiger partial charge in [-0.3, -0.25) is 14.5 Å². The monoisotopic (exact) mass is 472 g/mol. The Bertz CT molecular complexity index is 1260. The Labute approximate surface area is 202 Å². The summed E-state index contributed by atoms with van der Waals surface area (Å²) in [6.45, 7) is 2.22. The lowest BCUT2D eigenvalue weighted by molar-refractivity contribution is -0.126. The number of nitrogens with zero attached hydrogens (tertiary/aromatic N) is 1. The highest BCUT2D eigenvalue weighted by Gasteiger charge is 2.33. The SMILES string of the molecule is Cc1ccccc1C(C(=O)NCc1ccccc1)N(C(=O)Cc1cccs1)c1cccc(F)c1. The number of rotatable bonds is 8. The first-order valence-corrected chi connectivity index (χ1v) is 11.9. The molecule has 0 aliphatic heterocycles. The van der Waals surface area contributed by atoms with Crippen molar-refractivity contribution in [2.75, 3.05) is 4.90 Å². The molecule has 1 atom stereocenters. The van der Waals surface area contributed by atoms with Gasteiger partial charge in [0.15, 0.2) is 0 Å². The Hall–Kier alpha value is -3.77. The Morgan fingerprint density at radius 2 is 1.71 bits per heavy atom. The number of hydrogen-bond donors (Lipinski definition) is 1. The van der Waals surface area contributed by atoms with E-state index in [0.717, 1.165) is 16.0 Å². The van der Waals surface area contributed by atoms with E-state index in [0.29, 0.717) is 17.8 Å². The summed E-state index contributed by atoms with van der Waals surface area (Å²) >= 11 is 1.47. The van der Waals surface area contributed by atoms with E-state index >= 15 is 0 Å². The maximum absolute atomic E-state index is 14.2. The largest absolute Gasteiger partial charge is 0.350 e. The van der Waals surface area contributed by atoms with Crippen LogP contribution in [0.25, 0.3) is 0 Å². The number of carbonyl (C=O) groups is 2. The first kappa shape index (κ1) is 23.4. The Balaban J connectivity index is 1.76. The molecule has 0 fully saturated rings. The van der Waals surface area contributed by atoms with Crippen molar-refractivity contribution in [3.63, 3.8) is 0 Å². The molecule has 2 amide bonds. The van der Waals surface area contributed by atoms with Crippen LogP contribution in [0.3, 0.4) is 0 Å². The molecular weight excluding hydrogens is 447 g/mol. The third-order valence-corrected chi connectivity index (χ3v) is 6.44. The second-order valence-electron chi connectivity index (χ2n) is 7.96. The molecule has 1 heterocycles. The molecule has 0 saturated carbocycles. The van der Waals surface area contributed by atoms with Gasteiger partial charge in [0.25, 0.3) is 0 Å². The molecule has 0 saturated heterocycles. The predicted octanol–water partition coefficient (Wildman–Crippen LogP) is 5.83. The van der Waals surface area contributed by atoms with E-state index in [1.807, 2.05) is 79.0 Å². The van der Waals surface area contributed by atoms with Crippen molar-refractivity contribution in [2.45, 2.75) is 25.9 Å². The maximum atomic E-state index is 14.2. The fourth-order valence-electron chi connectivity index (χ4n) is 3.88. The minimum absolute atomic E-state index is 0.114. The fraction of sp³-hybridized carbons (Fsp3) is 0.143. The van der Waals surface area contributed by atoms with Gasteiger partial charge < -0.3 is 5.32 Å². The van der Waals surface area contributed by atoms with Crippen molar-refractivity contribution in [3.8, 4) is 0 Å². The molecule has 0 aliphatic carbocycles. The van der Waals surface area contributed by atoms with Crippen LogP contribution >= 0.6 is 11.3 Å². The summed E-state index contributed by atoms with van der Waals surface area (Å²) in [4.78, 5) is 29.6. The Morgan fingerprint density at radius 1 is 0.941 bits per heavy atom. The van der Waals surface area contributed by atoms with Crippen LogP contribution in [0.2, 0.25) is 0 Å². The van der Waals surface area contributed by atoms with Crippen LogP contribution in [-0.4, -0.2) is 11.8 Å². The first-order valence-electron chi connectivity index (χ1n) is 11.0. The first-order chi connectivity index (χ1) is 16.5. The van der Waals surface area contributed by atoms with Gasteiger partial charge in [-0.2, -0.15) is 0 Å². The van der Waals surface area contributed by atoms with Gasteiger partial charge in [0, 0.05) is 17.1 Å². The molecule has 4 nitrogen and oxygen atoms in total. The van der Waals surface area contributed by atoms with Crippen LogP contribution in [0.15, 0.2) is 96.4 Å². The number of aryl methyl sites for hydroxylation is 1. The summed E-state index contributed by atoms with van der Waals surface area (Å²) in [6, 6.07) is 25.7. The predicted molar refractivity (Wildman–Crippen MR) is 134 cm³/mol. The quantitative estimate of drug-likeness (QED) is 0.351. The highest BCUT2D eigenvalue weighted by Crippen LogP contribution is 2.31. The van der Waals surface area contributed by atoms with Gasteiger partial charge in [-0.15, -0.1) is 11.3 Å². The molecule has 1 unspecified atom stereocenters.